The molecular formula is C17H19N5O2S. The summed E-state index contributed by atoms with van der Waals surface area (Å²) in [7, 11) is -3.56. The molecule has 2 aromatic heterocycles. The van der Waals surface area contributed by atoms with E-state index in [1.54, 1.807) is 43.8 Å². The fraction of sp³-hybridized carbons (Fsp3) is 0.235. The van der Waals surface area contributed by atoms with Gasteiger partial charge in [-0.2, -0.15) is 0 Å². The molecule has 0 radical (unpaired) electrons. The third-order valence-corrected chi connectivity index (χ3v) is 5.36. The maximum atomic E-state index is 12.5. The minimum Gasteiger partial charge on any atom is -0.327 e. The van der Waals surface area contributed by atoms with Gasteiger partial charge in [0.05, 0.1) is 4.90 Å². The Morgan fingerprint density at radius 3 is 2.60 bits per heavy atom. The molecule has 0 saturated carbocycles. The number of hydrogen-bond donors (Lipinski definition) is 1. The molecule has 0 aliphatic heterocycles. The van der Waals surface area contributed by atoms with Crippen molar-refractivity contribution in [1.29, 1.82) is 0 Å². The largest absolute Gasteiger partial charge is 0.327 e. The molecule has 3 aromatic rings. The van der Waals surface area contributed by atoms with E-state index in [1.807, 2.05) is 23.6 Å². The van der Waals surface area contributed by atoms with E-state index in [9.17, 15) is 8.42 Å². The van der Waals surface area contributed by atoms with Gasteiger partial charge in [-0.15, -0.1) is 0 Å². The fourth-order valence-corrected chi connectivity index (χ4v) is 3.83. The smallest absolute Gasteiger partial charge is 0.240 e. The van der Waals surface area contributed by atoms with Crippen LogP contribution in [0.15, 0.2) is 53.9 Å². The molecule has 0 aliphatic carbocycles. The molecule has 130 valence electrons. The molecule has 0 bridgehead atoms. The van der Waals surface area contributed by atoms with Gasteiger partial charge in [-0.3, -0.25) is 0 Å². The predicted molar refractivity (Wildman–Crippen MR) is 94.4 cm³/mol. The van der Waals surface area contributed by atoms with Crippen molar-refractivity contribution in [2.24, 2.45) is 0 Å². The Labute approximate surface area is 146 Å². The van der Waals surface area contributed by atoms with Crippen LogP contribution in [0.3, 0.4) is 0 Å². The van der Waals surface area contributed by atoms with Crippen molar-refractivity contribution in [3.05, 3.63) is 60.2 Å². The van der Waals surface area contributed by atoms with Crippen LogP contribution in [0.1, 0.15) is 11.1 Å². The van der Waals surface area contributed by atoms with Gasteiger partial charge in [0.1, 0.15) is 0 Å². The molecule has 7 nitrogen and oxygen atoms in total. The van der Waals surface area contributed by atoms with Gasteiger partial charge < -0.3 is 4.57 Å². The van der Waals surface area contributed by atoms with Crippen LogP contribution in [0.5, 0.6) is 0 Å². The molecule has 25 heavy (non-hydrogen) atoms. The van der Waals surface area contributed by atoms with Crippen LogP contribution in [0.4, 0.5) is 0 Å². The van der Waals surface area contributed by atoms with Crippen molar-refractivity contribution >= 4 is 10.0 Å². The van der Waals surface area contributed by atoms with E-state index in [0.717, 1.165) is 11.1 Å². The maximum absolute atomic E-state index is 12.5. The molecule has 1 aromatic carbocycles. The molecule has 0 unspecified atom stereocenters. The van der Waals surface area contributed by atoms with Crippen molar-refractivity contribution in [3.8, 4) is 11.6 Å². The number of aryl methyl sites for hydroxylation is 2. The molecule has 0 spiro atoms. The minimum atomic E-state index is -3.56. The van der Waals surface area contributed by atoms with Crippen LogP contribution in [-0.2, 0) is 16.6 Å². The van der Waals surface area contributed by atoms with Gasteiger partial charge in [0.2, 0.25) is 10.0 Å². The van der Waals surface area contributed by atoms with Gasteiger partial charge in [-0.25, -0.2) is 28.1 Å². The zero-order valence-corrected chi connectivity index (χ0v) is 14.9. The quantitative estimate of drug-likeness (QED) is 0.728. The van der Waals surface area contributed by atoms with Gasteiger partial charge in [-0.1, -0.05) is 12.1 Å². The first-order chi connectivity index (χ1) is 12.0. The summed E-state index contributed by atoms with van der Waals surface area (Å²) in [6.45, 7) is 4.33. The molecule has 0 aliphatic rings. The Balaban J connectivity index is 1.72. The van der Waals surface area contributed by atoms with E-state index in [1.165, 1.54) is 0 Å². The van der Waals surface area contributed by atoms with E-state index >= 15 is 0 Å². The number of hydrogen-bond acceptors (Lipinski definition) is 5. The highest BCUT2D eigenvalue weighted by Gasteiger charge is 2.17. The van der Waals surface area contributed by atoms with Gasteiger partial charge in [0.25, 0.3) is 0 Å². The average molecular weight is 357 g/mol. The van der Waals surface area contributed by atoms with Crippen LogP contribution in [0, 0.1) is 13.8 Å². The monoisotopic (exact) mass is 357 g/mol. The summed E-state index contributed by atoms with van der Waals surface area (Å²) >= 11 is 0. The Morgan fingerprint density at radius 2 is 1.84 bits per heavy atom. The van der Waals surface area contributed by atoms with E-state index in [4.69, 9.17) is 0 Å². The lowest BCUT2D eigenvalue weighted by atomic mass is 10.2. The van der Waals surface area contributed by atoms with E-state index < -0.39 is 10.0 Å². The molecule has 2 heterocycles. The molecule has 0 atom stereocenters. The highest BCUT2D eigenvalue weighted by atomic mass is 32.2. The second-order valence-electron chi connectivity index (χ2n) is 5.68. The number of aromatic nitrogens is 4. The number of benzene rings is 1. The summed E-state index contributed by atoms with van der Waals surface area (Å²) in [6, 6.07) is 7.11. The molecule has 3 rings (SSSR count). The number of nitrogens with one attached hydrogen (secondary N) is 1. The average Bonchev–Trinajstić information content (AvgIpc) is 3.06. The van der Waals surface area contributed by atoms with Crippen LogP contribution >= 0.6 is 0 Å². The normalized spacial score (nSPS) is 11.6. The van der Waals surface area contributed by atoms with Crippen LogP contribution in [0.25, 0.3) is 11.6 Å². The van der Waals surface area contributed by atoms with Crippen molar-refractivity contribution in [2.45, 2.75) is 25.3 Å². The molecule has 1 N–H and O–H groups in total. The Morgan fingerprint density at radius 1 is 1.08 bits per heavy atom. The third kappa shape index (κ3) is 3.92. The molecular weight excluding hydrogens is 338 g/mol. The van der Waals surface area contributed by atoms with Crippen LogP contribution in [0.2, 0.25) is 0 Å². The third-order valence-electron chi connectivity index (χ3n) is 3.76. The van der Waals surface area contributed by atoms with Gasteiger partial charge in [0.15, 0.2) is 11.6 Å². The molecule has 8 heteroatoms. The zero-order valence-electron chi connectivity index (χ0n) is 14.0. The second-order valence-corrected chi connectivity index (χ2v) is 7.42. The van der Waals surface area contributed by atoms with Gasteiger partial charge >= 0.3 is 0 Å². The van der Waals surface area contributed by atoms with Crippen LogP contribution < -0.4 is 4.72 Å². The Kier molecular flexibility index (Phi) is 4.91. The summed E-state index contributed by atoms with van der Waals surface area (Å²) < 4.78 is 29.5. The number of nitrogens with zero attached hydrogens (tertiary/aromatic N) is 4. The second kappa shape index (κ2) is 7.12. The minimum absolute atomic E-state index is 0.242. The summed E-state index contributed by atoms with van der Waals surface area (Å²) in [6.07, 6.45) is 6.71. The van der Waals surface area contributed by atoms with Crippen LogP contribution in [-0.4, -0.2) is 34.5 Å². The molecule has 0 saturated heterocycles. The lowest BCUT2D eigenvalue weighted by Gasteiger charge is -2.11. The highest BCUT2D eigenvalue weighted by Crippen LogP contribution is 2.16. The maximum Gasteiger partial charge on any atom is 0.240 e. The SMILES string of the molecule is Cc1ccc(C)c(S(=O)(=O)NCCn2ccnc2-c2ncccn2)c1. The summed E-state index contributed by atoms with van der Waals surface area (Å²) in [5, 5.41) is 0. The predicted octanol–water partition coefficient (Wildman–Crippen LogP) is 1.94. The van der Waals surface area contributed by atoms with Crippen molar-refractivity contribution in [3.63, 3.8) is 0 Å². The number of rotatable bonds is 6. The first-order valence-corrected chi connectivity index (χ1v) is 9.31. The topological polar surface area (TPSA) is 89.8 Å². The molecule has 0 fully saturated rings. The summed E-state index contributed by atoms with van der Waals surface area (Å²) in [5.74, 6) is 1.11. The lowest BCUT2D eigenvalue weighted by Crippen LogP contribution is -2.28. The van der Waals surface area contributed by atoms with Gasteiger partial charge in [-0.05, 0) is 37.1 Å². The Bertz CT molecular complexity index is 968. The van der Waals surface area contributed by atoms with E-state index in [0.29, 0.717) is 23.1 Å². The summed E-state index contributed by atoms with van der Waals surface area (Å²) in [4.78, 5) is 12.9. The summed E-state index contributed by atoms with van der Waals surface area (Å²) in [5.41, 5.74) is 1.63. The standard InChI is InChI=1S/C17H19N5O2S/c1-13-4-5-14(2)15(12-13)25(23,24)21-9-11-22-10-8-20-17(22)16-18-6-3-7-19-16/h3-8,10,12,21H,9,11H2,1-2H3. The van der Waals surface area contributed by atoms with Crippen molar-refractivity contribution in [2.75, 3.05) is 6.54 Å². The zero-order chi connectivity index (χ0) is 17.9. The van der Waals surface area contributed by atoms with Crippen molar-refractivity contribution < 1.29 is 8.42 Å². The highest BCUT2D eigenvalue weighted by molar-refractivity contribution is 7.89. The van der Waals surface area contributed by atoms with Gasteiger partial charge in [0, 0.05) is 37.9 Å². The number of sulfonamides is 1. The first kappa shape index (κ1) is 17.2. The Hall–Kier alpha value is -2.58. The molecule has 0 amide bonds. The number of imidazole rings is 1. The fourth-order valence-electron chi connectivity index (χ4n) is 2.49. The van der Waals surface area contributed by atoms with Crippen molar-refractivity contribution in [1.82, 2.24) is 24.2 Å². The van der Waals surface area contributed by atoms with E-state index in [-0.39, 0.29) is 6.54 Å². The lowest BCUT2D eigenvalue weighted by molar-refractivity contribution is 0.572. The first-order valence-electron chi connectivity index (χ1n) is 7.83. The van der Waals surface area contributed by atoms with E-state index in [2.05, 4.69) is 19.7 Å².